The number of esters is 1. The molecule has 1 aromatic rings. The van der Waals surface area contributed by atoms with E-state index in [1.807, 2.05) is 36.4 Å². The molecule has 126 valence electrons. The van der Waals surface area contributed by atoms with E-state index < -0.39 is 6.04 Å². The van der Waals surface area contributed by atoms with Crippen LogP contribution in [-0.2, 0) is 9.53 Å². The summed E-state index contributed by atoms with van der Waals surface area (Å²) in [5.74, 6) is 0.676. The predicted octanol–water partition coefficient (Wildman–Crippen LogP) is 4.26. The van der Waals surface area contributed by atoms with Crippen molar-refractivity contribution in [2.45, 2.75) is 51.1 Å². The molecule has 0 aromatic heterocycles. The number of ether oxygens (including phenoxy) is 1. The van der Waals surface area contributed by atoms with Crippen LogP contribution in [0.15, 0.2) is 43.0 Å². The molecule has 3 nitrogen and oxygen atoms in total. The van der Waals surface area contributed by atoms with Gasteiger partial charge in [0.05, 0.1) is 7.11 Å². The molecule has 0 radical (unpaired) electrons. The van der Waals surface area contributed by atoms with Crippen LogP contribution in [0.4, 0.5) is 0 Å². The lowest BCUT2D eigenvalue weighted by molar-refractivity contribution is -0.143. The van der Waals surface area contributed by atoms with Crippen molar-refractivity contribution in [1.29, 1.82) is 0 Å². The third-order valence-corrected chi connectivity index (χ3v) is 5.02. The zero-order valence-corrected chi connectivity index (χ0v) is 14.3. The van der Waals surface area contributed by atoms with Crippen molar-refractivity contribution in [3.63, 3.8) is 0 Å². The highest BCUT2D eigenvalue weighted by Crippen LogP contribution is 2.31. The molecule has 2 rings (SSSR count). The van der Waals surface area contributed by atoms with E-state index in [-0.39, 0.29) is 12.0 Å². The molecule has 1 aliphatic rings. The molecule has 1 N–H and O–H groups in total. The molecule has 1 saturated carbocycles. The average molecular weight is 315 g/mol. The third-order valence-electron chi connectivity index (χ3n) is 5.02. The molecule has 23 heavy (non-hydrogen) atoms. The van der Waals surface area contributed by atoms with E-state index in [4.69, 9.17) is 4.74 Å². The van der Waals surface area contributed by atoms with Crippen LogP contribution in [-0.4, -0.2) is 19.1 Å². The highest BCUT2D eigenvalue weighted by atomic mass is 16.5. The fourth-order valence-corrected chi connectivity index (χ4v) is 3.61. The van der Waals surface area contributed by atoms with E-state index in [1.165, 1.54) is 39.2 Å². The molecule has 1 unspecified atom stereocenters. The number of hydrogen-bond donors (Lipinski definition) is 1. The molecule has 0 aliphatic heterocycles. The zero-order valence-electron chi connectivity index (χ0n) is 14.3. The van der Waals surface area contributed by atoms with E-state index in [0.717, 1.165) is 5.56 Å². The van der Waals surface area contributed by atoms with Crippen molar-refractivity contribution in [1.82, 2.24) is 5.32 Å². The Labute approximate surface area is 140 Å². The Balaban J connectivity index is 2.22. The number of benzene rings is 1. The van der Waals surface area contributed by atoms with Crippen molar-refractivity contribution in [2.75, 3.05) is 7.11 Å². The van der Waals surface area contributed by atoms with Gasteiger partial charge in [0.1, 0.15) is 6.04 Å². The Morgan fingerprint density at radius 3 is 2.48 bits per heavy atom. The molecule has 3 heteroatoms. The van der Waals surface area contributed by atoms with E-state index >= 15 is 0 Å². The zero-order chi connectivity index (χ0) is 16.7. The Morgan fingerprint density at radius 1 is 1.26 bits per heavy atom. The maximum atomic E-state index is 12.3. The second-order valence-corrected chi connectivity index (χ2v) is 6.55. The van der Waals surface area contributed by atoms with E-state index in [1.54, 1.807) is 0 Å². The molecule has 1 aliphatic carbocycles. The van der Waals surface area contributed by atoms with Crippen molar-refractivity contribution in [3.8, 4) is 0 Å². The van der Waals surface area contributed by atoms with Gasteiger partial charge in [-0.05, 0) is 30.2 Å². The normalized spacial score (nSPS) is 19.6. The van der Waals surface area contributed by atoms with Crippen molar-refractivity contribution < 1.29 is 9.53 Å². The lowest BCUT2D eigenvalue weighted by atomic mass is 9.78. The number of methoxy groups -OCH3 is 1. The molecule has 1 fully saturated rings. The van der Waals surface area contributed by atoms with Gasteiger partial charge in [-0.2, -0.15) is 0 Å². The van der Waals surface area contributed by atoms with Crippen LogP contribution >= 0.6 is 0 Å². The second kappa shape index (κ2) is 8.88. The Morgan fingerprint density at radius 2 is 1.91 bits per heavy atom. The first-order valence-corrected chi connectivity index (χ1v) is 8.68. The minimum Gasteiger partial charge on any atom is -0.468 e. The Hall–Kier alpha value is -1.61. The number of nitrogens with one attached hydrogen (secondary N) is 1. The summed E-state index contributed by atoms with van der Waals surface area (Å²) in [6, 6.07) is 9.66. The maximum Gasteiger partial charge on any atom is 0.327 e. The van der Waals surface area contributed by atoms with Crippen LogP contribution in [0.25, 0.3) is 0 Å². The molecular formula is C20H29NO2. The largest absolute Gasteiger partial charge is 0.468 e. The van der Waals surface area contributed by atoms with Gasteiger partial charge in [0.15, 0.2) is 0 Å². The van der Waals surface area contributed by atoms with Gasteiger partial charge in [-0.1, -0.05) is 62.6 Å². The third kappa shape index (κ3) is 4.68. The first-order valence-electron chi connectivity index (χ1n) is 8.68. The van der Waals surface area contributed by atoms with Crippen LogP contribution < -0.4 is 5.32 Å². The molecule has 0 spiro atoms. The first kappa shape index (κ1) is 17.7. The number of rotatable bonds is 7. The number of carbonyl (C=O) groups excluding carboxylic acids is 1. The molecule has 1 aromatic carbocycles. The van der Waals surface area contributed by atoms with Gasteiger partial charge >= 0.3 is 5.97 Å². The van der Waals surface area contributed by atoms with Crippen LogP contribution in [0.5, 0.6) is 0 Å². The summed E-state index contributed by atoms with van der Waals surface area (Å²) in [5.41, 5.74) is 0.955. The molecule has 0 saturated heterocycles. The summed E-state index contributed by atoms with van der Waals surface area (Å²) in [6.07, 6.45) is 8.31. The van der Waals surface area contributed by atoms with Gasteiger partial charge in [0.2, 0.25) is 0 Å². The molecular weight excluding hydrogens is 286 g/mol. The van der Waals surface area contributed by atoms with E-state index in [2.05, 4.69) is 18.8 Å². The first-order chi connectivity index (χ1) is 11.2. The Bertz CT molecular complexity index is 494. The highest BCUT2D eigenvalue weighted by molar-refractivity contribution is 5.77. The van der Waals surface area contributed by atoms with Crippen LogP contribution in [0.3, 0.4) is 0 Å². The smallest absolute Gasteiger partial charge is 0.327 e. The summed E-state index contributed by atoms with van der Waals surface area (Å²) < 4.78 is 5.04. The molecule has 0 bridgehead atoms. The number of hydrogen-bond acceptors (Lipinski definition) is 3. The van der Waals surface area contributed by atoms with E-state index in [9.17, 15) is 4.79 Å². The fraction of sp³-hybridized carbons (Fsp3) is 0.550. The van der Waals surface area contributed by atoms with E-state index in [0.29, 0.717) is 11.8 Å². The predicted molar refractivity (Wildman–Crippen MR) is 94.1 cm³/mol. The van der Waals surface area contributed by atoms with Crippen LogP contribution in [0.1, 0.15) is 50.6 Å². The minimum atomic E-state index is -0.421. The summed E-state index contributed by atoms with van der Waals surface area (Å²) in [5, 5.41) is 3.60. The maximum absolute atomic E-state index is 12.3. The lowest BCUT2D eigenvalue weighted by Gasteiger charge is -2.36. The summed E-state index contributed by atoms with van der Waals surface area (Å²) >= 11 is 0. The lowest BCUT2D eigenvalue weighted by Crippen LogP contribution is -2.46. The van der Waals surface area contributed by atoms with Crippen molar-refractivity contribution in [2.24, 2.45) is 11.8 Å². The SMILES string of the molecule is C=CC(C)[C@@H](N[C@H](C(=O)OC)c1ccccc1)C1CCCCC1. The van der Waals surface area contributed by atoms with Gasteiger partial charge in [-0.3, -0.25) is 5.32 Å². The van der Waals surface area contributed by atoms with Crippen molar-refractivity contribution >= 4 is 5.97 Å². The molecule has 0 heterocycles. The fourth-order valence-electron chi connectivity index (χ4n) is 3.61. The average Bonchev–Trinajstić information content (AvgIpc) is 2.63. The molecule has 3 atom stereocenters. The minimum absolute atomic E-state index is 0.228. The monoisotopic (exact) mass is 315 g/mol. The summed E-state index contributed by atoms with van der Waals surface area (Å²) in [6.45, 7) is 6.14. The summed E-state index contributed by atoms with van der Waals surface area (Å²) in [4.78, 5) is 12.3. The highest BCUT2D eigenvalue weighted by Gasteiger charge is 2.32. The van der Waals surface area contributed by atoms with Gasteiger partial charge in [-0.15, -0.1) is 6.58 Å². The number of carbonyl (C=O) groups is 1. The van der Waals surface area contributed by atoms with Gasteiger partial charge < -0.3 is 4.74 Å². The molecule has 0 amide bonds. The van der Waals surface area contributed by atoms with Gasteiger partial charge in [-0.25, -0.2) is 4.79 Å². The van der Waals surface area contributed by atoms with Gasteiger partial charge in [0, 0.05) is 6.04 Å². The Kier molecular flexibility index (Phi) is 6.85. The summed E-state index contributed by atoms with van der Waals surface area (Å²) in [7, 11) is 1.45. The quantitative estimate of drug-likeness (QED) is 0.603. The second-order valence-electron chi connectivity index (χ2n) is 6.55. The van der Waals surface area contributed by atoms with Gasteiger partial charge in [0.25, 0.3) is 0 Å². The van der Waals surface area contributed by atoms with Crippen LogP contribution in [0, 0.1) is 11.8 Å². The standard InChI is InChI=1S/C20H29NO2/c1-4-15(2)18(16-11-7-5-8-12-16)21-19(20(22)23-3)17-13-9-6-10-14-17/h4,6,9-10,13-16,18-19,21H,1,5,7-8,11-12H2,2-3H3/t15?,18-,19+/m1/s1. The topological polar surface area (TPSA) is 38.3 Å². The van der Waals surface area contributed by atoms with Crippen LogP contribution in [0.2, 0.25) is 0 Å². The van der Waals surface area contributed by atoms with Crippen molar-refractivity contribution in [3.05, 3.63) is 48.6 Å².